The molecular weight excluding hydrogens is 275 g/mol. The summed E-state index contributed by atoms with van der Waals surface area (Å²) < 4.78 is 18.2. The number of rotatable bonds is 3. The lowest BCUT2D eigenvalue weighted by Gasteiger charge is -2.02. The normalized spacial score (nSPS) is 24.3. The number of hydrogen-bond acceptors (Lipinski definition) is 2. The lowest BCUT2D eigenvalue weighted by molar-refractivity contribution is -0.119. The van der Waals surface area contributed by atoms with Gasteiger partial charge in [-0.2, -0.15) is 0 Å². The van der Waals surface area contributed by atoms with E-state index < -0.39 is 5.60 Å². The fourth-order valence-corrected chi connectivity index (χ4v) is 1.95. The van der Waals surface area contributed by atoms with Crippen molar-refractivity contribution in [1.82, 2.24) is 0 Å². The lowest BCUT2D eigenvalue weighted by atomic mass is 10.1. The van der Waals surface area contributed by atoms with E-state index in [4.69, 9.17) is 4.74 Å². The van der Waals surface area contributed by atoms with E-state index in [1.165, 1.54) is 12.1 Å². The summed E-state index contributed by atoms with van der Waals surface area (Å²) >= 11 is 3.21. The minimum Gasteiger partial charge on any atom is -0.361 e. The Labute approximate surface area is 101 Å². The molecule has 1 aliphatic heterocycles. The van der Waals surface area contributed by atoms with E-state index in [9.17, 15) is 9.18 Å². The van der Waals surface area contributed by atoms with E-state index in [0.717, 1.165) is 5.56 Å². The van der Waals surface area contributed by atoms with Crippen molar-refractivity contribution in [2.75, 3.05) is 6.61 Å². The molecule has 0 amide bonds. The lowest BCUT2D eigenvalue weighted by Crippen LogP contribution is -2.19. The number of ether oxygens (including phenoxy) is 1. The maximum absolute atomic E-state index is 12.7. The summed E-state index contributed by atoms with van der Waals surface area (Å²) in [6.07, 6.45) is 1.66. The molecule has 1 atom stereocenters. The van der Waals surface area contributed by atoms with Crippen LogP contribution in [0.5, 0.6) is 0 Å². The first-order chi connectivity index (χ1) is 7.51. The quantitative estimate of drug-likeness (QED) is 0.631. The van der Waals surface area contributed by atoms with Crippen LogP contribution in [-0.4, -0.2) is 18.0 Å². The molecule has 0 spiro atoms. The standard InChI is InChI=1S/C12H10BrFO2/c1-12(7-16-12)11(15)10(13)6-8-2-4-9(14)5-3-8/h2-6H,7H2,1H3/b10-6-/t12-/m0/s1. The summed E-state index contributed by atoms with van der Waals surface area (Å²) in [5, 5.41) is 0. The van der Waals surface area contributed by atoms with Gasteiger partial charge in [-0.3, -0.25) is 4.79 Å². The SMILES string of the molecule is C[C@@]1(C(=O)/C(Br)=C/c2ccc(F)cc2)CO1. The van der Waals surface area contributed by atoms with Gasteiger partial charge in [0.05, 0.1) is 11.1 Å². The predicted octanol–water partition coefficient (Wildman–Crippen LogP) is 2.92. The summed E-state index contributed by atoms with van der Waals surface area (Å²) in [6.45, 7) is 2.20. The van der Waals surface area contributed by atoms with Gasteiger partial charge in [0.25, 0.3) is 0 Å². The van der Waals surface area contributed by atoms with Gasteiger partial charge in [-0.05, 0) is 46.6 Å². The fourth-order valence-electron chi connectivity index (χ4n) is 1.26. The Hall–Kier alpha value is -1.00. The van der Waals surface area contributed by atoms with Gasteiger partial charge in [-0.15, -0.1) is 0 Å². The highest BCUT2D eigenvalue weighted by atomic mass is 79.9. The smallest absolute Gasteiger partial charge is 0.203 e. The molecule has 1 heterocycles. The van der Waals surface area contributed by atoms with Crippen molar-refractivity contribution in [3.05, 3.63) is 40.1 Å². The highest BCUT2D eigenvalue weighted by Gasteiger charge is 2.47. The molecule has 0 unspecified atom stereocenters. The number of ketones is 1. The Morgan fingerprint density at radius 3 is 2.56 bits per heavy atom. The molecule has 0 aromatic heterocycles. The van der Waals surface area contributed by atoms with Gasteiger partial charge in [0, 0.05) is 0 Å². The first kappa shape index (κ1) is 11.5. The second kappa shape index (κ2) is 4.11. The summed E-state index contributed by atoms with van der Waals surface area (Å²) in [5.74, 6) is -0.381. The molecule has 4 heteroatoms. The zero-order chi connectivity index (χ0) is 11.8. The molecule has 0 saturated carbocycles. The van der Waals surface area contributed by atoms with Crippen LogP contribution in [0.4, 0.5) is 4.39 Å². The molecule has 1 saturated heterocycles. The van der Waals surface area contributed by atoms with E-state index in [1.54, 1.807) is 25.1 Å². The van der Waals surface area contributed by atoms with Crippen molar-refractivity contribution in [2.45, 2.75) is 12.5 Å². The van der Waals surface area contributed by atoms with Gasteiger partial charge in [-0.1, -0.05) is 12.1 Å². The molecule has 16 heavy (non-hydrogen) atoms. The average Bonchev–Trinajstić information content (AvgIpc) is 3.00. The number of benzene rings is 1. The van der Waals surface area contributed by atoms with Crippen LogP contribution in [-0.2, 0) is 9.53 Å². The largest absolute Gasteiger partial charge is 0.361 e. The topological polar surface area (TPSA) is 29.6 Å². The van der Waals surface area contributed by atoms with Crippen LogP contribution >= 0.6 is 15.9 Å². The van der Waals surface area contributed by atoms with E-state index >= 15 is 0 Å². The Morgan fingerprint density at radius 2 is 2.06 bits per heavy atom. The van der Waals surface area contributed by atoms with Crippen molar-refractivity contribution < 1.29 is 13.9 Å². The minimum atomic E-state index is -0.671. The van der Waals surface area contributed by atoms with Crippen molar-refractivity contribution in [3.63, 3.8) is 0 Å². The van der Waals surface area contributed by atoms with Crippen molar-refractivity contribution in [1.29, 1.82) is 0 Å². The zero-order valence-electron chi connectivity index (χ0n) is 8.67. The van der Waals surface area contributed by atoms with Gasteiger partial charge < -0.3 is 4.74 Å². The maximum atomic E-state index is 12.7. The van der Waals surface area contributed by atoms with Crippen LogP contribution in [0.1, 0.15) is 12.5 Å². The van der Waals surface area contributed by atoms with Crippen LogP contribution in [0.25, 0.3) is 6.08 Å². The Balaban J connectivity index is 2.17. The monoisotopic (exact) mass is 284 g/mol. The molecule has 1 aromatic rings. The molecular formula is C12H10BrFO2. The number of carbonyl (C=O) groups excluding carboxylic acids is 1. The highest BCUT2D eigenvalue weighted by molar-refractivity contribution is 9.12. The zero-order valence-corrected chi connectivity index (χ0v) is 10.3. The fraction of sp³-hybridized carbons (Fsp3) is 0.250. The van der Waals surface area contributed by atoms with Crippen LogP contribution < -0.4 is 0 Å². The predicted molar refractivity (Wildman–Crippen MR) is 62.7 cm³/mol. The minimum absolute atomic E-state index is 0.0863. The van der Waals surface area contributed by atoms with Gasteiger partial charge in [0.1, 0.15) is 5.82 Å². The van der Waals surface area contributed by atoms with E-state index in [-0.39, 0.29) is 11.6 Å². The summed E-state index contributed by atoms with van der Waals surface area (Å²) in [7, 11) is 0. The number of Topliss-reactive ketones (excluding diaryl/α,β-unsaturated/α-hetero) is 1. The molecule has 0 N–H and O–H groups in total. The number of halogens is 2. The molecule has 0 radical (unpaired) electrons. The molecule has 0 aliphatic carbocycles. The van der Waals surface area contributed by atoms with Crippen molar-refractivity contribution in [2.24, 2.45) is 0 Å². The van der Waals surface area contributed by atoms with Crippen LogP contribution in [0, 0.1) is 5.82 Å². The Kier molecular flexibility index (Phi) is 2.95. The second-order valence-electron chi connectivity index (χ2n) is 3.89. The number of epoxide rings is 1. The van der Waals surface area contributed by atoms with E-state index in [0.29, 0.717) is 11.1 Å². The highest BCUT2D eigenvalue weighted by Crippen LogP contribution is 2.32. The molecule has 1 aliphatic rings. The Bertz CT molecular complexity index is 447. The maximum Gasteiger partial charge on any atom is 0.203 e. The molecule has 84 valence electrons. The third kappa shape index (κ3) is 2.39. The van der Waals surface area contributed by atoms with Gasteiger partial charge >= 0.3 is 0 Å². The molecule has 1 fully saturated rings. The second-order valence-corrected chi connectivity index (χ2v) is 4.75. The van der Waals surface area contributed by atoms with Crippen LogP contribution in [0.15, 0.2) is 28.7 Å². The average molecular weight is 285 g/mol. The summed E-state index contributed by atoms with van der Waals surface area (Å²) in [4.78, 5) is 11.8. The molecule has 1 aromatic carbocycles. The first-order valence-electron chi connectivity index (χ1n) is 4.83. The van der Waals surface area contributed by atoms with Gasteiger partial charge in [0.2, 0.25) is 5.78 Å². The number of carbonyl (C=O) groups is 1. The van der Waals surface area contributed by atoms with Crippen molar-refractivity contribution >= 4 is 27.8 Å². The van der Waals surface area contributed by atoms with Gasteiger partial charge in [-0.25, -0.2) is 4.39 Å². The summed E-state index contributed by atoms with van der Waals surface area (Å²) in [5.41, 5.74) is 0.0981. The molecule has 0 bridgehead atoms. The van der Waals surface area contributed by atoms with Gasteiger partial charge in [0.15, 0.2) is 5.60 Å². The van der Waals surface area contributed by atoms with Crippen LogP contribution in [0.2, 0.25) is 0 Å². The number of hydrogen-bond donors (Lipinski definition) is 0. The molecule has 2 nitrogen and oxygen atoms in total. The molecule has 2 rings (SSSR count). The third-order valence-electron chi connectivity index (χ3n) is 2.44. The third-order valence-corrected chi connectivity index (χ3v) is 3.03. The van der Waals surface area contributed by atoms with E-state index in [2.05, 4.69) is 15.9 Å². The Morgan fingerprint density at radius 1 is 1.50 bits per heavy atom. The first-order valence-corrected chi connectivity index (χ1v) is 5.62. The van der Waals surface area contributed by atoms with E-state index in [1.807, 2.05) is 0 Å². The van der Waals surface area contributed by atoms with Crippen molar-refractivity contribution in [3.8, 4) is 0 Å². The van der Waals surface area contributed by atoms with Crippen LogP contribution in [0.3, 0.4) is 0 Å². The summed E-state index contributed by atoms with van der Waals surface area (Å²) in [6, 6.07) is 5.93.